The SMILES string of the molecule is O=C(OCc1cccc([N+](=O)[O-])c1)C(O)c1ccccc1. The summed E-state index contributed by atoms with van der Waals surface area (Å²) in [4.78, 5) is 21.8. The van der Waals surface area contributed by atoms with E-state index in [0.29, 0.717) is 11.1 Å². The van der Waals surface area contributed by atoms with E-state index in [1.54, 1.807) is 36.4 Å². The molecule has 0 aliphatic rings. The average Bonchev–Trinajstić information content (AvgIpc) is 2.53. The van der Waals surface area contributed by atoms with Crippen LogP contribution in [0.5, 0.6) is 0 Å². The van der Waals surface area contributed by atoms with Gasteiger partial charge in [-0.2, -0.15) is 0 Å². The smallest absolute Gasteiger partial charge is 0.339 e. The number of benzene rings is 2. The fraction of sp³-hybridized carbons (Fsp3) is 0.133. The summed E-state index contributed by atoms with van der Waals surface area (Å²) in [7, 11) is 0. The van der Waals surface area contributed by atoms with E-state index in [0.717, 1.165) is 0 Å². The molecule has 2 aromatic carbocycles. The van der Waals surface area contributed by atoms with Crippen molar-refractivity contribution in [2.24, 2.45) is 0 Å². The molecule has 1 atom stereocenters. The molecule has 2 aromatic rings. The van der Waals surface area contributed by atoms with Gasteiger partial charge in [0.05, 0.1) is 4.92 Å². The Labute approximate surface area is 120 Å². The normalized spacial score (nSPS) is 11.7. The van der Waals surface area contributed by atoms with Crippen LogP contribution in [0.2, 0.25) is 0 Å². The minimum atomic E-state index is -1.37. The molecule has 1 unspecified atom stereocenters. The highest BCUT2D eigenvalue weighted by molar-refractivity contribution is 5.76. The van der Waals surface area contributed by atoms with Crippen molar-refractivity contribution in [2.45, 2.75) is 12.7 Å². The zero-order valence-electron chi connectivity index (χ0n) is 11.0. The van der Waals surface area contributed by atoms with Gasteiger partial charge in [0.2, 0.25) is 0 Å². The van der Waals surface area contributed by atoms with Gasteiger partial charge in [-0.3, -0.25) is 10.1 Å². The molecular weight excluding hydrogens is 274 g/mol. The maximum Gasteiger partial charge on any atom is 0.339 e. The van der Waals surface area contributed by atoms with E-state index in [4.69, 9.17) is 4.74 Å². The number of carbonyl (C=O) groups is 1. The standard InChI is InChI=1S/C15H13NO5/c17-14(12-6-2-1-3-7-12)15(18)21-10-11-5-4-8-13(9-11)16(19)20/h1-9,14,17H,10H2. The fourth-order valence-corrected chi connectivity index (χ4v) is 1.76. The van der Waals surface area contributed by atoms with Crippen LogP contribution in [0.1, 0.15) is 17.2 Å². The average molecular weight is 287 g/mol. The van der Waals surface area contributed by atoms with Gasteiger partial charge >= 0.3 is 5.97 Å². The Morgan fingerprint density at radius 2 is 1.90 bits per heavy atom. The number of rotatable bonds is 5. The van der Waals surface area contributed by atoms with Crippen molar-refractivity contribution < 1.29 is 19.6 Å². The number of nitro groups is 1. The Morgan fingerprint density at radius 1 is 1.19 bits per heavy atom. The lowest BCUT2D eigenvalue weighted by molar-refractivity contribution is -0.384. The third-order valence-corrected chi connectivity index (χ3v) is 2.84. The molecule has 6 heteroatoms. The van der Waals surface area contributed by atoms with Crippen LogP contribution in [-0.2, 0) is 16.1 Å². The number of hydrogen-bond acceptors (Lipinski definition) is 5. The van der Waals surface area contributed by atoms with E-state index >= 15 is 0 Å². The van der Waals surface area contributed by atoms with E-state index in [1.807, 2.05) is 0 Å². The summed E-state index contributed by atoms with van der Waals surface area (Å²) in [5, 5.41) is 20.5. The highest BCUT2D eigenvalue weighted by Crippen LogP contribution is 2.17. The maximum atomic E-state index is 11.7. The first-order valence-electron chi connectivity index (χ1n) is 6.21. The molecule has 0 radical (unpaired) electrons. The van der Waals surface area contributed by atoms with Crippen molar-refractivity contribution >= 4 is 11.7 Å². The van der Waals surface area contributed by atoms with Gasteiger partial charge < -0.3 is 9.84 Å². The molecule has 21 heavy (non-hydrogen) atoms. The number of nitro benzene ring substituents is 1. The third-order valence-electron chi connectivity index (χ3n) is 2.84. The molecule has 0 spiro atoms. The van der Waals surface area contributed by atoms with Gasteiger partial charge in [0.25, 0.3) is 5.69 Å². The van der Waals surface area contributed by atoms with E-state index in [-0.39, 0.29) is 12.3 Å². The summed E-state index contributed by atoms with van der Waals surface area (Å²) in [5.74, 6) is -0.798. The van der Waals surface area contributed by atoms with Crippen molar-refractivity contribution in [1.29, 1.82) is 0 Å². The first-order chi connectivity index (χ1) is 10.1. The summed E-state index contributed by atoms with van der Waals surface area (Å²) in [6, 6.07) is 14.2. The second-order valence-corrected chi connectivity index (χ2v) is 4.35. The van der Waals surface area contributed by atoms with Gasteiger partial charge in [-0.1, -0.05) is 42.5 Å². The van der Waals surface area contributed by atoms with Crippen molar-refractivity contribution in [3.63, 3.8) is 0 Å². The lowest BCUT2D eigenvalue weighted by atomic mass is 10.1. The molecule has 0 aliphatic heterocycles. The molecule has 108 valence electrons. The van der Waals surface area contributed by atoms with Crippen LogP contribution in [-0.4, -0.2) is 16.0 Å². The lowest BCUT2D eigenvalue weighted by Crippen LogP contribution is -2.15. The van der Waals surface area contributed by atoms with Gasteiger partial charge in [0, 0.05) is 12.1 Å². The largest absolute Gasteiger partial charge is 0.459 e. The maximum absolute atomic E-state index is 11.7. The molecule has 0 aromatic heterocycles. The molecular formula is C15H13NO5. The van der Waals surface area contributed by atoms with Crippen molar-refractivity contribution in [1.82, 2.24) is 0 Å². The first kappa shape index (κ1) is 14.7. The Morgan fingerprint density at radius 3 is 2.57 bits per heavy atom. The predicted octanol–water partition coefficient (Wildman–Crippen LogP) is 2.37. The second kappa shape index (κ2) is 6.62. The van der Waals surface area contributed by atoms with Crippen molar-refractivity contribution in [3.8, 4) is 0 Å². The monoisotopic (exact) mass is 287 g/mol. The number of aliphatic hydroxyl groups is 1. The van der Waals surface area contributed by atoms with Gasteiger partial charge in [0.15, 0.2) is 6.10 Å². The van der Waals surface area contributed by atoms with Crippen LogP contribution in [0.15, 0.2) is 54.6 Å². The highest BCUT2D eigenvalue weighted by Gasteiger charge is 2.18. The van der Waals surface area contributed by atoms with E-state index < -0.39 is 17.0 Å². The number of aliphatic hydroxyl groups excluding tert-OH is 1. The number of esters is 1. The fourth-order valence-electron chi connectivity index (χ4n) is 1.76. The Balaban J connectivity index is 1.98. The van der Waals surface area contributed by atoms with Crippen molar-refractivity contribution in [2.75, 3.05) is 0 Å². The first-order valence-corrected chi connectivity index (χ1v) is 6.21. The van der Waals surface area contributed by atoms with Gasteiger partial charge in [-0.25, -0.2) is 4.79 Å². The number of ether oxygens (including phenoxy) is 1. The molecule has 6 nitrogen and oxygen atoms in total. The summed E-state index contributed by atoms with van der Waals surface area (Å²) >= 11 is 0. The van der Waals surface area contributed by atoms with E-state index in [1.165, 1.54) is 18.2 Å². The van der Waals surface area contributed by atoms with E-state index in [9.17, 15) is 20.0 Å². The quantitative estimate of drug-likeness (QED) is 0.518. The summed E-state index contributed by atoms with van der Waals surface area (Å²) in [6.45, 7) is -0.135. The minimum Gasteiger partial charge on any atom is -0.459 e. The van der Waals surface area contributed by atoms with Crippen LogP contribution in [0.4, 0.5) is 5.69 Å². The summed E-state index contributed by atoms with van der Waals surface area (Å²) < 4.78 is 4.97. The predicted molar refractivity (Wildman–Crippen MR) is 74.3 cm³/mol. The van der Waals surface area contributed by atoms with Crippen LogP contribution in [0, 0.1) is 10.1 Å². The molecule has 0 saturated heterocycles. The molecule has 0 amide bonds. The van der Waals surface area contributed by atoms with Crippen LogP contribution < -0.4 is 0 Å². The van der Waals surface area contributed by atoms with Crippen LogP contribution >= 0.6 is 0 Å². The Hall–Kier alpha value is -2.73. The molecule has 0 bridgehead atoms. The van der Waals surface area contributed by atoms with Gasteiger partial charge in [-0.15, -0.1) is 0 Å². The number of nitrogens with zero attached hydrogens (tertiary/aromatic N) is 1. The number of hydrogen-bond donors (Lipinski definition) is 1. The molecule has 2 rings (SSSR count). The van der Waals surface area contributed by atoms with E-state index in [2.05, 4.69) is 0 Å². The molecule has 0 saturated carbocycles. The molecule has 0 heterocycles. The second-order valence-electron chi connectivity index (χ2n) is 4.35. The lowest BCUT2D eigenvalue weighted by Gasteiger charge is -2.10. The molecule has 0 fully saturated rings. The third kappa shape index (κ3) is 3.87. The van der Waals surface area contributed by atoms with Crippen LogP contribution in [0.25, 0.3) is 0 Å². The number of non-ortho nitro benzene ring substituents is 1. The van der Waals surface area contributed by atoms with Crippen LogP contribution in [0.3, 0.4) is 0 Å². The minimum absolute atomic E-state index is 0.0767. The zero-order valence-corrected chi connectivity index (χ0v) is 11.0. The molecule has 0 aliphatic carbocycles. The topological polar surface area (TPSA) is 89.7 Å². The summed E-state index contributed by atoms with van der Waals surface area (Å²) in [6.07, 6.45) is -1.37. The van der Waals surface area contributed by atoms with Crippen molar-refractivity contribution in [3.05, 3.63) is 75.8 Å². The Kier molecular flexibility index (Phi) is 4.63. The highest BCUT2D eigenvalue weighted by atomic mass is 16.6. The molecule has 1 N–H and O–H groups in total. The van der Waals surface area contributed by atoms with Gasteiger partial charge in [-0.05, 0) is 11.1 Å². The Bertz CT molecular complexity index is 642. The number of carbonyl (C=O) groups excluding carboxylic acids is 1. The summed E-state index contributed by atoms with van der Waals surface area (Å²) in [5.41, 5.74) is 0.839. The van der Waals surface area contributed by atoms with Gasteiger partial charge in [0.1, 0.15) is 6.61 Å². The zero-order chi connectivity index (χ0) is 15.2.